The first kappa shape index (κ1) is 17.7. The van der Waals surface area contributed by atoms with E-state index in [0.717, 1.165) is 11.5 Å². The number of allylic oxidation sites excluding steroid dienone is 1. The normalized spacial score (nSPS) is 17.5. The second-order valence-corrected chi connectivity index (χ2v) is 6.73. The molecule has 0 spiro atoms. The zero-order valence-electron chi connectivity index (χ0n) is 13.0. The number of amides is 2. The molecule has 1 aliphatic heterocycles. The highest BCUT2D eigenvalue weighted by Crippen LogP contribution is 2.31. The maximum absolute atomic E-state index is 12.4. The minimum atomic E-state index is -0.622. The molecule has 0 fully saturated rings. The van der Waals surface area contributed by atoms with Crippen LogP contribution in [0, 0.1) is 0 Å². The van der Waals surface area contributed by atoms with Gasteiger partial charge in [0, 0.05) is 16.5 Å². The lowest BCUT2D eigenvalue weighted by molar-refractivity contribution is -0.138. The SMILES string of the molecule is CCSCCOC(=O)C1=C(C)NC(=O)NC1c1ccccc1Cl. The molecular weight excluding hydrogens is 336 g/mol. The van der Waals surface area contributed by atoms with E-state index >= 15 is 0 Å². The van der Waals surface area contributed by atoms with Crippen molar-refractivity contribution in [1.82, 2.24) is 10.6 Å². The van der Waals surface area contributed by atoms with Gasteiger partial charge in [0.05, 0.1) is 11.6 Å². The van der Waals surface area contributed by atoms with Gasteiger partial charge in [-0.25, -0.2) is 9.59 Å². The van der Waals surface area contributed by atoms with E-state index in [4.69, 9.17) is 16.3 Å². The maximum atomic E-state index is 12.4. The number of thioether (sulfide) groups is 1. The molecule has 23 heavy (non-hydrogen) atoms. The number of carbonyl (C=O) groups is 2. The molecule has 0 saturated carbocycles. The Balaban J connectivity index is 2.25. The summed E-state index contributed by atoms with van der Waals surface area (Å²) in [6, 6.07) is 6.12. The van der Waals surface area contributed by atoms with Crippen molar-refractivity contribution in [3.05, 3.63) is 46.1 Å². The van der Waals surface area contributed by atoms with Gasteiger partial charge in [0.25, 0.3) is 0 Å². The van der Waals surface area contributed by atoms with Crippen LogP contribution in [0.3, 0.4) is 0 Å². The number of hydrogen-bond donors (Lipinski definition) is 2. The number of hydrogen-bond acceptors (Lipinski definition) is 4. The van der Waals surface area contributed by atoms with Crippen LogP contribution in [0.5, 0.6) is 0 Å². The number of carbonyl (C=O) groups excluding carboxylic acids is 2. The minimum absolute atomic E-state index is 0.331. The van der Waals surface area contributed by atoms with E-state index in [0.29, 0.717) is 28.5 Å². The predicted molar refractivity (Wildman–Crippen MR) is 92.5 cm³/mol. The molecule has 0 radical (unpaired) electrons. The number of benzene rings is 1. The number of ether oxygens (including phenoxy) is 1. The number of esters is 1. The highest BCUT2D eigenvalue weighted by Gasteiger charge is 2.33. The lowest BCUT2D eigenvalue weighted by Gasteiger charge is -2.28. The summed E-state index contributed by atoms with van der Waals surface area (Å²) in [6.45, 7) is 4.06. The van der Waals surface area contributed by atoms with Crippen molar-refractivity contribution >= 4 is 35.4 Å². The summed E-state index contributed by atoms with van der Waals surface area (Å²) in [5, 5.41) is 5.84. The lowest BCUT2D eigenvalue weighted by atomic mass is 9.95. The number of urea groups is 1. The Hall–Kier alpha value is -1.66. The van der Waals surface area contributed by atoms with Crippen molar-refractivity contribution in [1.29, 1.82) is 0 Å². The van der Waals surface area contributed by atoms with Crippen LogP contribution in [0.1, 0.15) is 25.5 Å². The fraction of sp³-hybridized carbons (Fsp3) is 0.375. The van der Waals surface area contributed by atoms with Crippen molar-refractivity contribution in [2.75, 3.05) is 18.1 Å². The van der Waals surface area contributed by atoms with Gasteiger partial charge in [-0.1, -0.05) is 36.7 Å². The van der Waals surface area contributed by atoms with E-state index < -0.39 is 12.0 Å². The lowest BCUT2D eigenvalue weighted by Crippen LogP contribution is -2.45. The Bertz CT molecular complexity index is 634. The molecule has 1 atom stereocenters. The number of nitrogens with one attached hydrogen (secondary N) is 2. The van der Waals surface area contributed by atoms with Gasteiger partial charge in [0.2, 0.25) is 0 Å². The first-order valence-electron chi connectivity index (χ1n) is 7.32. The van der Waals surface area contributed by atoms with Gasteiger partial charge in [-0.3, -0.25) is 0 Å². The molecule has 5 nitrogen and oxygen atoms in total. The molecule has 1 heterocycles. The molecule has 0 saturated heterocycles. The summed E-state index contributed by atoms with van der Waals surface area (Å²) in [5.74, 6) is 1.26. The first-order valence-corrected chi connectivity index (χ1v) is 8.85. The molecule has 1 aromatic rings. The van der Waals surface area contributed by atoms with Crippen molar-refractivity contribution < 1.29 is 14.3 Å². The largest absolute Gasteiger partial charge is 0.461 e. The Morgan fingerprint density at radius 1 is 1.39 bits per heavy atom. The van der Waals surface area contributed by atoms with Crippen LogP contribution in [-0.2, 0) is 9.53 Å². The Morgan fingerprint density at radius 2 is 2.13 bits per heavy atom. The molecule has 2 amide bonds. The molecule has 0 aliphatic carbocycles. The molecule has 124 valence electrons. The van der Waals surface area contributed by atoms with E-state index in [2.05, 4.69) is 10.6 Å². The maximum Gasteiger partial charge on any atom is 0.338 e. The standard InChI is InChI=1S/C16H19ClN2O3S/c1-3-23-9-8-22-15(20)13-10(2)18-16(21)19-14(13)11-6-4-5-7-12(11)17/h4-7,14H,3,8-9H2,1-2H3,(H2,18,19,21). The van der Waals surface area contributed by atoms with Crippen molar-refractivity contribution in [3.63, 3.8) is 0 Å². The van der Waals surface area contributed by atoms with Crippen LogP contribution in [0.4, 0.5) is 4.79 Å². The summed E-state index contributed by atoms with van der Waals surface area (Å²) in [6.07, 6.45) is 0. The third kappa shape index (κ3) is 4.42. The zero-order chi connectivity index (χ0) is 16.8. The summed E-state index contributed by atoms with van der Waals surface area (Å²) < 4.78 is 5.33. The Morgan fingerprint density at radius 3 is 2.83 bits per heavy atom. The van der Waals surface area contributed by atoms with E-state index in [-0.39, 0.29) is 6.03 Å². The predicted octanol–water partition coefficient (Wildman–Crippen LogP) is 3.26. The smallest absolute Gasteiger partial charge is 0.338 e. The van der Waals surface area contributed by atoms with Crippen molar-refractivity contribution in [2.24, 2.45) is 0 Å². The number of rotatable bonds is 6. The van der Waals surface area contributed by atoms with Gasteiger partial charge >= 0.3 is 12.0 Å². The van der Waals surface area contributed by atoms with Crippen LogP contribution in [0.15, 0.2) is 35.5 Å². The van der Waals surface area contributed by atoms with Gasteiger partial charge < -0.3 is 15.4 Å². The molecule has 0 aromatic heterocycles. The van der Waals surface area contributed by atoms with Crippen LogP contribution in [-0.4, -0.2) is 30.1 Å². The van der Waals surface area contributed by atoms with E-state index in [1.54, 1.807) is 36.9 Å². The second kappa shape index (κ2) is 8.26. The van der Waals surface area contributed by atoms with Gasteiger partial charge in [-0.05, 0) is 24.3 Å². The highest BCUT2D eigenvalue weighted by molar-refractivity contribution is 7.99. The molecule has 2 rings (SSSR count). The molecular formula is C16H19ClN2O3S. The van der Waals surface area contributed by atoms with E-state index in [1.165, 1.54) is 0 Å². The van der Waals surface area contributed by atoms with Gasteiger partial charge in [-0.2, -0.15) is 11.8 Å². The third-order valence-electron chi connectivity index (χ3n) is 3.37. The topological polar surface area (TPSA) is 67.4 Å². The average molecular weight is 355 g/mol. The summed E-state index contributed by atoms with van der Waals surface area (Å²) in [7, 11) is 0. The Labute approximate surface area is 144 Å². The summed E-state index contributed by atoms with van der Waals surface area (Å²) >= 11 is 7.92. The molecule has 0 bridgehead atoms. The average Bonchev–Trinajstić information content (AvgIpc) is 2.51. The van der Waals surface area contributed by atoms with Gasteiger partial charge in [-0.15, -0.1) is 0 Å². The summed E-state index contributed by atoms with van der Waals surface area (Å²) in [5.41, 5.74) is 1.52. The third-order valence-corrected chi connectivity index (χ3v) is 4.58. The first-order chi connectivity index (χ1) is 11.0. The fourth-order valence-electron chi connectivity index (χ4n) is 2.32. The van der Waals surface area contributed by atoms with E-state index in [1.807, 2.05) is 13.0 Å². The molecule has 2 N–H and O–H groups in total. The van der Waals surface area contributed by atoms with Crippen LogP contribution in [0.25, 0.3) is 0 Å². The molecule has 7 heteroatoms. The monoisotopic (exact) mass is 354 g/mol. The van der Waals surface area contributed by atoms with Crippen LogP contribution in [0.2, 0.25) is 5.02 Å². The van der Waals surface area contributed by atoms with Gasteiger partial charge in [0.15, 0.2) is 0 Å². The van der Waals surface area contributed by atoms with Crippen molar-refractivity contribution in [2.45, 2.75) is 19.9 Å². The van der Waals surface area contributed by atoms with Crippen LogP contribution >= 0.6 is 23.4 Å². The summed E-state index contributed by atoms with van der Waals surface area (Å²) in [4.78, 5) is 24.2. The second-order valence-electron chi connectivity index (χ2n) is 4.92. The van der Waals surface area contributed by atoms with Crippen LogP contribution < -0.4 is 10.6 Å². The molecule has 1 aliphatic rings. The number of halogens is 1. The fourth-order valence-corrected chi connectivity index (χ4v) is 3.06. The highest BCUT2D eigenvalue weighted by atomic mass is 35.5. The van der Waals surface area contributed by atoms with Gasteiger partial charge in [0.1, 0.15) is 6.61 Å². The molecule has 1 unspecified atom stereocenters. The quantitative estimate of drug-likeness (QED) is 0.607. The zero-order valence-corrected chi connectivity index (χ0v) is 14.6. The molecule has 1 aromatic carbocycles. The Kier molecular flexibility index (Phi) is 6.36. The van der Waals surface area contributed by atoms with E-state index in [9.17, 15) is 9.59 Å². The van der Waals surface area contributed by atoms with Crippen molar-refractivity contribution in [3.8, 4) is 0 Å². The minimum Gasteiger partial charge on any atom is -0.461 e.